The molecule has 3 heteroatoms. The summed E-state index contributed by atoms with van der Waals surface area (Å²) in [5.74, 6) is 0.580. The average molecular weight is 156 g/mol. The second-order valence-corrected chi connectivity index (χ2v) is 2.43. The molecule has 2 aliphatic rings. The first kappa shape index (κ1) is 6.69. The summed E-state index contributed by atoms with van der Waals surface area (Å²) in [6.45, 7) is 0.489. The normalized spacial score (nSPS) is 18.8. The van der Waals surface area contributed by atoms with Crippen LogP contribution >= 0.6 is 0 Å². The highest BCUT2D eigenvalue weighted by Gasteiger charge is 2.30. The fourth-order valence-electron chi connectivity index (χ4n) is 1.26. The van der Waals surface area contributed by atoms with Gasteiger partial charge in [-0.2, -0.15) is 10.5 Å². The molecule has 0 aromatic rings. The zero-order valence-electron chi connectivity index (χ0n) is 6.16. The van der Waals surface area contributed by atoms with E-state index in [4.69, 9.17) is 15.3 Å². The standard InChI is InChI=1S/C9H4N2O/c10-4-7-6-2-1-3-12-9(6)8(7)5-11/h1-2H,3H2. The van der Waals surface area contributed by atoms with Crippen LogP contribution in [0.5, 0.6) is 0 Å². The summed E-state index contributed by atoms with van der Waals surface area (Å²) >= 11 is 0. The molecule has 2 rings (SSSR count). The summed E-state index contributed by atoms with van der Waals surface area (Å²) in [5.41, 5.74) is 1.60. The number of ether oxygens (including phenoxy) is 1. The van der Waals surface area contributed by atoms with Crippen molar-refractivity contribution in [1.29, 1.82) is 10.5 Å². The van der Waals surface area contributed by atoms with Crippen LogP contribution in [-0.4, -0.2) is 6.61 Å². The predicted molar refractivity (Wildman–Crippen MR) is 40.4 cm³/mol. The fourth-order valence-corrected chi connectivity index (χ4v) is 1.26. The van der Waals surface area contributed by atoms with E-state index in [9.17, 15) is 0 Å². The van der Waals surface area contributed by atoms with E-state index in [1.54, 1.807) is 0 Å². The topological polar surface area (TPSA) is 56.8 Å². The highest BCUT2D eigenvalue weighted by Crippen LogP contribution is 2.37. The molecule has 0 fully saturated rings. The second-order valence-electron chi connectivity index (χ2n) is 2.43. The van der Waals surface area contributed by atoms with Gasteiger partial charge in [0.05, 0.1) is 5.57 Å². The van der Waals surface area contributed by atoms with Gasteiger partial charge in [-0.3, -0.25) is 0 Å². The lowest BCUT2D eigenvalue weighted by Crippen LogP contribution is -2.15. The van der Waals surface area contributed by atoms with Crippen LogP contribution < -0.4 is 0 Å². The highest BCUT2D eigenvalue weighted by atomic mass is 16.5. The lowest BCUT2D eigenvalue weighted by molar-refractivity contribution is 0.246. The Bertz CT molecular complexity index is 413. The second kappa shape index (κ2) is 2.25. The van der Waals surface area contributed by atoms with Gasteiger partial charge in [0, 0.05) is 5.57 Å². The molecule has 0 radical (unpaired) electrons. The first-order valence-electron chi connectivity index (χ1n) is 3.47. The molecule has 0 spiro atoms. The molecule has 0 unspecified atom stereocenters. The van der Waals surface area contributed by atoms with Crippen molar-refractivity contribution in [3.05, 3.63) is 34.6 Å². The lowest BCUT2D eigenvalue weighted by atomic mass is 9.86. The van der Waals surface area contributed by atoms with Gasteiger partial charge in [-0.15, -0.1) is 0 Å². The molecule has 0 aromatic carbocycles. The van der Waals surface area contributed by atoms with E-state index in [0.717, 1.165) is 5.57 Å². The Morgan fingerprint density at radius 1 is 1.25 bits per heavy atom. The van der Waals surface area contributed by atoms with Gasteiger partial charge >= 0.3 is 0 Å². The predicted octanol–water partition coefficient (Wildman–Crippen LogP) is 1.18. The molecular formula is C9H4N2O. The molecule has 12 heavy (non-hydrogen) atoms. The molecule has 0 saturated carbocycles. The highest BCUT2D eigenvalue weighted by molar-refractivity contribution is 5.72. The number of nitriles is 2. The van der Waals surface area contributed by atoms with Crippen molar-refractivity contribution in [2.24, 2.45) is 0 Å². The third kappa shape index (κ3) is 0.627. The van der Waals surface area contributed by atoms with Crippen molar-refractivity contribution in [3.8, 4) is 12.1 Å². The largest absolute Gasteiger partial charge is 0.487 e. The molecule has 0 saturated heterocycles. The van der Waals surface area contributed by atoms with Gasteiger partial charge < -0.3 is 4.74 Å². The van der Waals surface area contributed by atoms with Crippen LogP contribution in [0.15, 0.2) is 34.6 Å². The minimum Gasteiger partial charge on any atom is -0.487 e. The van der Waals surface area contributed by atoms with Crippen LogP contribution in [0.1, 0.15) is 0 Å². The van der Waals surface area contributed by atoms with Gasteiger partial charge in [0.15, 0.2) is 0 Å². The van der Waals surface area contributed by atoms with Crippen molar-refractivity contribution in [3.63, 3.8) is 0 Å². The van der Waals surface area contributed by atoms with Crippen molar-refractivity contribution in [1.82, 2.24) is 0 Å². The van der Waals surface area contributed by atoms with Gasteiger partial charge in [0.25, 0.3) is 0 Å². The molecule has 56 valence electrons. The number of hydrogen-bond donors (Lipinski definition) is 0. The van der Waals surface area contributed by atoms with Gasteiger partial charge in [-0.25, -0.2) is 0 Å². The van der Waals surface area contributed by atoms with Gasteiger partial charge in [-0.05, 0) is 6.08 Å². The first-order valence-corrected chi connectivity index (χ1v) is 3.47. The fraction of sp³-hybridized carbons (Fsp3) is 0.111. The molecule has 3 nitrogen and oxygen atoms in total. The Hall–Kier alpha value is -2.00. The maximum Gasteiger partial charge on any atom is 0.147 e. The molecule has 0 aromatic heterocycles. The quantitative estimate of drug-likeness (QED) is 0.529. The number of hydrogen-bond acceptors (Lipinski definition) is 3. The summed E-state index contributed by atoms with van der Waals surface area (Å²) < 4.78 is 5.17. The molecule has 1 aliphatic heterocycles. The lowest BCUT2D eigenvalue weighted by Gasteiger charge is -2.23. The Labute approximate surface area is 69.5 Å². The molecule has 0 bridgehead atoms. The molecule has 1 heterocycles. The SMILES string of the molecule is N#CC1=C(C#N)C2=C1C=CCO2. The van der Waals surface area contributed by atoms with E-state index in [2.05, 4.69) is 0 Å². The maximum absolute atomic E-state index is 8.64. The Morgan fingerprint density at radius 3 is 2.67 bits per heavy atom. The third-order valence-electron chi connectivity index (χ3n) is 1.82. The molecule has 0 amide bonds. The van der Waals surface area contributed by atoms with Crippen molar-refractivity contribution in [2.75, 3.05) is 6.61 Å². The minimum atomic E-state index is 0.386. The van der Waals surface area contributed by atoms with Crippen LogP contribution in [0, 0.1) is 22.7 Å². The smallest absolute Gasteiger partial charge is 0.147 e. The summed E-state index contributed by atoms with van der Waals surface area (Å²) in [7, 11) is 0. The summed E-state index contributed by atoms with van der Waals surface area (Å²) in [5, 5.41) is 17.3. The zero-order chi connectivity index (χ0) is 8.55. The Morgan fingerprint density at radius 2 is 2.00 bits per heavy atom. The van der Waals surface area contributed by atoms with Crippen molar-refractivity contribution < 1.29 is 4.74 Å². The zero-order valence-corrected chi connectivity index (χ0v) is 6.16. The molecule has 1 aliphatic carbocycles. The number of nitrogens with zero attached hydrogens (tertiary/aromatic N) is 2. The first-order chi connectivity index (χ1) is 5.88. The van der Waals surface area contributed by atoms with Gasteiger partial charge in [0.1, 0.15) is 30.1 Å². The van der Waals surface area contributed by atoms with Gasteiger partial charge in [0.2, 0.25) is 0 Å². The van der Waals surface area contributed by atoms with Crippen molar-refractivity contribution in [2.45, 2.75) is 0 Å². The minimum absolute atomic E-state index is 0.386. The van der Waals surface area contributed by atoms with E-state index < -0.39 is 0 Å². The molecule has 0 atom stereocenters. The van der Waals surface area contributed by atoms with E-state index in [0.29, 0.717) is 23.5 Å². The molecule has 0 N–H and O–H groups in total. The third-order valence-corrected chi connectivity index (χ3v) is 1.82. The summed E-state index contributed by atoms with van der Waals surface area (Å²) in [6, 6.07) is 3.91. The maximum atomic E-state index is 8.64. The number of rotatable bonds is 0. The Balaban J connectivity index is 2.43. The number of allylic oxidation sites excluding steroid dienone is 4. The van der Waals surface area contributed by atoms with E-state index >= 15 is 0 Å². The van der Waals surface area contributed by atoms with Crippen LogP contribution in [0.3, 0.4) is 0 Å². The Kier molecular flexibility index (Phi) is 1.26. The monoisotopic (exact) mass is 156 g/mol. The van der Waals surface area contributed by atoms with E-state index in [1.807, 2.05) is 24.3 Å². The van der Waals surface area contributed by atoms with E-state index in [1.165, 1.54) is 0 Å². The van der Waals surface area contributed by atoms with Crippen LogP contribution in [-0.2, 0) is 4.74 Å². The van der Waals surface area contributed by atoms with Crippen LogP contribution in [0.25, 0.3) is 0 Å². The van der Waals surface area contributed by atoms with Gasteiger partial charge in [-0.1, -0.05) is 6.08 Å². The van der Waals surface area contributed by atoms with Crippen LogP contribution in [0.2, 0.25) is 0 Å². The van der Waals surface area contributed by atoms with Crippen LogP contribution in [0.4, 0.5) is 0 Å². The van der Waals surface area contributed by atoms with E-state index in [-0.39, 0.29) is 0 Å². The van der Waals surface area contributed by atoms with Crippen molar-refractivity contribution >= 4 is 0 Å². The summed E-state index contributed by atoms with van der Waals surface area (Å²) in [4.78, 5) is 0. The summed E-state index contributed by atoms with van der Waals surface area (Å²) in [6.07, 6.45) is 3.64. The average Bonchev–Trinajstić information content (AvgIpc) is 2.08. The molecular weight excluding hydrogens is 152 g/mol.